The van der Waals surface area contributed by atoms with Crippen molar-refractivity contribution in [3.8, 4) is 22.4 Å². The maximum Gasteiger partial charge on any atom is 0.156 e. The Bertz CT molecular complexity index is 1440. The molecule has 6 rings (SSSR count). The second kappa shape index (κ2) is 9.02. The minimum atomic E-state index is 0.684. The van der Waals surface area contributed by atoms with Crippen LogP contribution in [-0.4, -0.2) is 20.4 Å². The Hall–Kier alpha value is -4.12. The van der Waals surface area contributed by atoms with E-state index in [1.54, 1.807) is 6.20 Å². The Kier molecular flexibility index (Phi) is 5.44. The molecule has 0 unspecified atom stereocenters. The monoisotopic (exact) mass is 445 g/mol. The van der Waals surface area contributed by atoms with Gasteiger partial charge in [0.05, 0.1) is 16.6 Å². The molecule has 0 atom stereocenters. The normalized spacial score (nSPS) is 13.7. The van der Waals surface area contributed by atoms with Crippen LogP contribution in [0.25, 0.3) is 38.9 Å². The molecule has 34 heavy (non-hydrogen) atoms. The molecule has 5 aromatic rings. The van der Waals surface area contributed by atoms with Crippen molar-refractivity contribution in [3.05, 3.63) is 96.2 Å². The number of hydrogen-bond acceptors (Lipinski definition) is 3. The van der Waals surface area contributed by atoms with Crippen LogP contribution in [0.5, 0.6) is 0 Å². The van der Waals surface area contributed by atoms with Crippen LogP contribution in [0.1, 0.15) is 36.8 Å². The van der Waals surface area contributed by atoms with Crippen LogP contribution in [0, 0.1) is 0 Å². The van der Waals surface area contributed by atoms with Crippen molar-refractivity contribution in [2.24, 2.45) is 0 Å². The summed E-state index contributed by atoms with van der Waals surface area (Å²) in [5.74, 6) is 0.872. The van der Waals surface area contributed by atoms with Gasteiger partial charge in [-0.15, -0.1) is 0 Å². The molecule has 0 saturated carbocycles. The number of anilines is 1. The summed E-state index contributed by atoms with van der Waals surface area (Å²) in [6.45, 7) is 0.684. The molecule has 168 valence electrons. The number of nitrogens with one attached hydrogen (secondary N) is 3. The molecule has 5 nitrogen and oxygen atoms in total. The zero-order chi connectivity index (χ0) is 22.7. The van der Waals surface area contributed by atoms with Crippen LogP contribution in [0.3, 0.4) is 0 Å². The van der Waals surface area contributed by atoms with E-state index >= 15 is 0 Å². The van der Waals surface area contributed by atoms with Gasteiger partial charge in [-0.05, 0) is 77.3 Å². The molecule has 0 radical (unpaired) electrons. The van der Waals surface area contributed by atoms with E-state index in [-0.39, 0.29) is 0 Å². The van der Waals surface area contributed by atoms with Crippen molar-refractivity contribution >= 4 is 22.3 Å². The first-order valence-electron chi connectivity index (χ1n) is 11.9. The fourth-order valence-corrected chi connectivity index (χ4v) is 4.86. The van der Waals surface area contributed by atoms with Gasteiger partial charge in [0.1, 0.15) is 0 Å². The molecular formula is C29H27N5. The lowest BCUT2D eigenvalue weighted by Gasteiger charge is -2.14. The van der Waals surface area contributed by atoms with E-state index in [0.29, 0.717) is 6.54 Å². The predicted octanol–water partition coefficient (Wildman–Crippen LogP) is 7.19. The molecule has 0 bridgehead atoms. The first-order valence-corrected chi connectivity index (χ1v) is 11.9. The highest BCUT2D eigenvalue weighted by molar-refractivity contribution is 6.02. The fraction of sp³-hybridized carbons (Fsp3) is 0.172. The average Bonchev–Trinajstić information content (AvgIpc) is 3.59. The van der Waals surface area contributed by atoms with E-state index in [4.69, 9.17) is 0 Å². The Morgan fingerprint density at radius 3 is 2.53 bits per heavy atom. The van der Waals surface area contributed by atoms with Crippen molar-refractivity contribution in [1.29, 1.82) is 0 Å². The van der Waals surface area contributed by atoms with Crippen LogP contribution in [-0.2, 0) is 6.54 Å². The van der Waals surface area contributed by atoms with Crippen molar-refractivity contribution in [1.82, 2.24) is 20.4 Å². The quantitative estimate of drug-likeness (QED) is 0.259. The highest BCUT2D eigenvalue weighted by Crippen LogP contribution is 2.34. The summed E-state index contributed by atoms with van der Waals surface area (Å²) < 4.78 is 0. The van der Waals surface area contributed by atoms with Crippen molar-refractivity contribution in [2.45, 2.75) is 32.2 Å². The number of aromatic nitrogens is 4. The summed E-state index contributed by atoms with van der Waals surface area (Å²) in [6, 6.07) is 25.8. The average molecular weight is 446 g/mol. The number of fused-ring (bicyclic) bond motifs is 1. The molecular weight excluding hydrogens is 418 g/mol. The van der Waals surface area contributed by atoms with Crippen LogP contribution >= 0.6 is 0 Å². The highest BCUT2D eigenvalue weighted by atomic mass is 15.2. The van der Waals surface area contributed by atoms with E-state index in [9.17, 15) is 0 Å². The lowest BCUT2D eigenvalue weighted by molar-refractivity contribution is 0.742. The molecule has 5 heteroatoms. The summed E-state index contributed by atoms with van der Waals surface area (Å²) in [7, 11) is 0. The first kappa shape index (κ1) is 20.5. The van der Waals surface area contributed by atoms with Gasteiger partial charge in [0.2, 0.25) is 0 Å². The number of benzene rings is 3. The number of H-pyrrole nitrogens is 2. The third-order valence-corrected chi connectivity index (χ3v) is 6.65. The number of allylic oxidation sites excluding steroid dienone is 2. The van der Waals surface area contributed by atoms with Gasteiger partial charge >= 0.3 is 0 Å². The lowest BCUT2D eigenvalue weighted by atomic mass is 9.92. The number of rotatable bonds is 6. The van der Waals surface area contributed by atoms with Crippen LogP contribution in [0.2, 0.25) is 0 Å². The van der Waals surface area contributed by atoms with Gasteiger partial charge in [-0.25, -0.2) is 0 Å². The molecule has 2 aromatic heterocycles. The zero-order valence-corrected chi connectivity index (χ0v) is 19.0. The summed E-state index contributed by atoms with van der Waals surface area (Å²) in [6.07, 6.45) is 9.17. The first-order chi connectivity index (χ1) is 16.8. The maximum absolute atomic E-state index is 4.60. The summed E-state index contributed by atoms with van der Waals surface area (Å²) >= 11 is 0. The van der Waals surface area contributed by atoms with E-state index < -0.39 is 0 Å². The number of hydrogen-bond donors (Lipinski definition) is 3. The van der Waals surface area contributed by atoms with Gasteiger partial charge in [0, 0.05) is 12.7 Å². The molecule has 0 aliphatic heterocycles. The largest absolute Gasteiger partial charge is 0.364 e. The topological polar surface area (TPSA) is 69.4 Å². The minimum absolute atomic E-state index is 0.684. The zero-order valence-electron chi connectivity index (χ0n) is 19.0. The van der Waals surface area contributed by atoms with E-state index in [0.717, 1.165) is 28.0 Å². The Labute approximate surface area is 198 Å². The van der Waals surface area contributed by atoms with Crippen molar-refractivity contribution < 1.29 is 0 Å². The Balaban J connectivity index is 1.28. The van der Waals surface area contributed by atoms with Crippen LogP contribution < -0.4 is 5.32 Å². The van der Waals surface area contributed by atoms with Gasteiger partial charge in [0.25, 0.3) is 0 Å². The predicted molar refractivity (Wildman–Crippen MR) is 139 cm³/mol. The molecule has 3 aromatic carbocycles. The third-order valence-electron chi connectivity index (χ3n) is 6.65. The summed E-state index contributed by atoms with van der Waals surface area (Å²) in [4.78, 5) is 0. The second-order valence-corrected chi connectivity index (χ2v) is 8.88. The second-order valence-electron chi connectivity index (χ2n) is 8.88. The van der Waals surface area contributed by atoms with Gasteiger partial charge in [-0.3, -0.25) is 10.2 Å². The smallest absolute Gasteiger partial charge is 0.156 e. The molecule has 1 aliphatic carbocycles. The SMILES string of the molecule is C1=C(c2ccc(-c3cccc4[nH]nc(NCc5cccc(-c6ccn[nH]6)c5)c34)cc2)CCCC1. The van der Waals surface area contributed by atoms with Gasteiger partial charge in [-0.2, -0.15) is 10.2 Å². The lowest BCUT2D eigenvalue weighted by Crippen LogP contribution is -2.00. The van der Waals surface area contributed by atoms with Crippen molar-refractivity contribution in [2.75, 3.05) is 5.32 Å². The molecule has 0 spiro atoms. The molecule has 2 heterocycles. The Morgan fingerprint density at radius 2 is 1.71 bits per heavy atom. The molecule has 0 amide bonds. The molecule has 0 fully saturated rings. The third kappa shape index (κ3) is 4.01. The van der Waals surface area contributed by atoms with Crippen LogP contribution in [0.4, 0.5) is 5.82 Å². The van der Waals surface area contributed by atoms with Crippen molar-refractivity contribution in [3.63, 3.8) is 0 Å². The maximum atomic E-state index is 4.60. The fourth-order valence-electron chi connectivity index (χ4n) is 4.86. The summed E-state index contributed by atoms with van der Waals surface area (Å²) in [5.41, 5.74) is 9.58. The van der Waals surface area contributed by atoms with Gasteiger partial charge in [0.15, 0.2) is 5.82 Å². The molecule has 3 N–H and O–H groups in total. The highest BCUT2D eigenvalue weighted by Gasteiger charge is 2.13. The van der Waals surface area contributed by atoms with E-state index in [1.807, 2.05) is 6.07 Å². The van der Waals surface area contributed by atoms with Gasteiger partial charge < -0.3 is 5.32 Å². The van der Waals surface area contributed by atoms with Crippen LogP contribution in [0.15, 0.2) is 85.1 Å². The van der Waals surface area contributed by atoms with E-state index in [1.165, 1.54) is 53.5 Å². The Morgan fingerprint density at radius 1 is 0.824 bits per heavy atom. The standard InChI is InChI=1S/C29H27N5/c1-2-7-21(8-3-1)22-12-14-23(15-13-22)25-10-5-11-27-28(25)29(34-33-27)30-19-20-6-4-9-24(18-20)26-16-17-31-32-26/h4-7,9-18H,1-3,8,19H2,(H,31,32)(H2,30,33,34). The number of aromatic amines is 2. The number of nitrogens with zero attached hydrogens (tertiary/aromatic N) is 2. The van der Waals surface area contributed by atoms with Gasteiger partial charge in [-0.1, -0.05) is 60.7 Å². The van der Waals surface area contributed by atoms with E-state index in [2.05, 4.69) is 98.5 Å². The summed E-state index contributed by atoms with van der Waals surface area (Å²) in [5, 5.41) is 19.6. The molecule has 1 aliphatic rings. The minimum Gasteiger partial charge on any atom is -0.364 e. The molecule has 0 saturated heterocycles.